The minimum Gasteiger partial charge on any atom is -0.364 e. The molecule has 0 unspecified atom stereocenters. The average molecular weight is 318 g/mol. The highest BCUT2D eigenvalue weighted by Crippen LogP contribution is 2.26. The van der Waals surface area contributed by atoms with Crippen LogP contribution in [-0.4, -0.2) is 26.1 Å². The van der Waals surface area contributed by atoms with Gasteiger partial charge in [-0.25, -0.2) is 9.97 Å². The fourth-order valence-corrected chi connectivity index (χ4v) is 2.07. The van der Waals surface area contributed by atoms with Gasteiger partial charge in [0.05, 0.1) is 5.52 Å². The topological polar surface area (TPSA) is 110 Å². The van der Waals surface area contributed by atoms with Gasteiger partial charge in [0.15, 0.2) is 5.69 Å². The molecule has 0 fully saturated rings. The first-order chi connectivity index (χ1) is 10.8. The van der Waals surface area contributed by atoms with E-state index in [1.165, 1.54) is 6.20 Å². The number of benzene rings is 1. The first kappa shape index (κ1) is 14.8. The predicted molar refractivity (Wildman–Crippen MR) is 79.5 cm³/mol. The van der Waals surface area contributed by atoms with Gasteiger partial charge >= 0.3 is 0 Å². The molecular formula is C14H12F2N6O. The number of carbonyl (C=O) groups excluding carboxylic acids is 1. The number of nitrogens with one attached hydrogen (secondary N) is 2. The number of hydrogen-bond acceptors (Lipinski definition) is 5. The molecule has 0 bridgehead atoms. The number of primary amides is 1. The number of rotatable bonds is 4. The molecule has 0 spiro atoms. The molecule has 0 aliphatic carbocycles. The molecule has 7 nitrogen and oxygen atoms in total. The molecule has 0 aliphatic heterocycles. The van der Waals surface area contributed by atoms with Crippen LogP contribution in [0.4, 0.5) is 20.4 Å². The van der Waals surface area contributed by atoms with Crippen molar-refractivity contribution in [1.82, 2.24) is 20.2 Å². The number of H-pyrrole nitrogens is 1. The highest BCUT2D eigenvalue weighted by Gasteiger charge is 2.26. The molecule has 0 atom stereocenters. The largest absolute Gasteiger partial charge is 0.364 e. The van der Waals surface area contributed by atoms with Gasteiger partial charge in [0, 0.05) is 24.2 Å². The van der Waals surface area contributed by atoms with Crippen LogP contribution >= 0.6 is 0 Å². The Morgan fingerprint density at radius 2 is 2.13 bits per heavy atom. The minimum absolute atomic E-state index is 0.0208. The molecular weight excluding hydrogens is 306 g/mol. The lowest BCUT2D eigenvalue weighted by Gasteiger charge is -2.11. The smallest absolute Gasteiger partial charge is 0.287 e. The van der Waals surface area contributed by atoms with Crippen molar-refractivity contribution >= 4 is 28.4 Å². The van der Waals surface area contributed by atoms with Crippen molar-refractivity contribution in [2.45, 2.75) is 12.8 Å². The third-order valence-electron chi connectivity index (χ3n) is 3.16. The van der Waals surface area contributed by atoms with E-state index in [1.54, 1.807) is 18.2 Å². The third-order valence-corrected chi connectivity index (χ3v) is 3.16. The van der Waals surface area contributed by atoms with Crippen LogP contribution < -0.4 is 11.1 Å². The first-order valence-corrected chi connectivity index (χ1v) is 6.61. The van der Waals surface area contributed by atoms with E-state index in [2.05, 4.69) is 25.5 Å². The number of anilines is 2. The summed E-state index contributed by atoms with van der Waals surface area (Å²) in [5.74, 6) is -3.71. The molecule has 118 valence electrons. The summed E-state index contributed by atoms with van der Waals surface area (Å²) in [6.07, 6.45) is 1.24. The lowest BCUT2D eigenvalue weighted by atomic mass is 10.2. The number of alkyl halides is 2. The number of aromatic amines is 1. The van der Waals surface area contributed by atoms with Crippen LogP contribution in [0.1, 0.15) is 23.1 Å². The standard InChI is InChI=1S/C14H12F2N6O/c1-14(15,16)10-4-5-18-13(20-10)19-7-2-3-9-8(6-7)11(12(17)23)22-21-9/h2-6H,1H3,(H2,17,23)(H,21,22)(H,18,19,20). The molecule has 9 heteroatoms. The van der Waals surface area contributed by atoms with Crippen LogP contribution in [0.3, 0.4) is 0 Å². The molecule has 1 amide bonds. The second-order valence-corrected chi connectivity index (χ2v) is 4.98. The quantitative estimate of drug-likeness (QED) is 0.684. The highest BCUT2D eigenvalue weighted by molar-refractivity contribution is 6.04. The number of nitrogens with two attached hydrogens (primary N) is 1. The maximum atomic E-state index is 13.3. The van der Waals surface area contributed by atoms with Gasteiger partial charge in [0.25, 0.3) is 11.8 Å². The third kappa shape index (κ3) is 2.93. The van der Waals surface area contributed by atoms with E-state index in [1.807, 2.05) is 0 Å². The van der Waals surface area contributed by atoms with E-state index in [0.717, 1.165) is 13.0 Å². The molecule has 0 aliphatic rings. The van der Waals surface area contributed by atoms with Gasteiger partial charge in [0.1, 0.15) is 5.69 Å². The van der Waals surface area contributed by atoms with Crippen molar-refractivity contribution in [3.05, 3.63) is 41.9 Å². The summed E-state index contributed by atoms with van der Waals surface area (Å²) in [6, 6.07) is 6.11. The number of amides is 1. The Bertz CT molecular complexity index is 886. The van der Waals surface area contributed by atoms with E-state index in [0.29, 0.717) is 16.6 Å². The Hall–Kier alpha value is -3.10. The van der Waals surface area contributed by atoms with Crippen LogP contribution in [0, 0.1) is 0 Å². The van der Waals surface area contributed by atoms with Crippen molar-refractivity contribution in [3.63, 3.8) is 0 Å². The summed E-state index contributed by atoms with van der Waals surface area (Å²) in [4.78, 5) is 19.0. The molecule has 1 aromatic carbocycles. The number of halogens is 2. The number of carbonyl (C=O) groups is 1. The number of hydrogen-bond donors (Lipinski definition) is 3. The fourth-order valence-electron chi connectivity index (χ4n) is 2.07. The van der Waals surface area contributed by atoms with Crippen molar-refractivity contribution in [2.24, 2.45) is 5.73 Å². The van der Waals surface area contributed by atoms with Crippen LogP contribution in [0.5, 0.6) is 0 Å². The molecule has 23 heavy (non-hydrogen) atoms. The molecule has 0 saturated carbocycles. The van der Waals surface area contributed by atoms with Crippen molar-refractivity contribution in [2.75, 3.05) is 5.32 Å². The zero-order chi connectivity index (χ0) is 16.6. The summed E-state index contributed by atoms with van der Waals surface area (Å²) >= 11 is 0. The van der Waals surface area contributed by atoms with Gasteiger partial charge in [-0.3, -0.25) is 9.89 Å². The summed E-state index contributed by atoms with van der Waals surface area (Å²) < 4.78 is 26.6. The Kier molecular flexibility index (Phi) is 3.40. The highest BCUT2D eigenvalue weighted by atomic mass is 19.3. The second kappa shape index (κ2) is 5.27. The van der Waals surface area contributed by atoms with E-state index in [9.17, 15) is 13.6 Å². The Morgan fingerprint density at radius 3 is 2.83 bits per heavy atom. The van der Waals surface area contributed by atoms with E-state index in [4.69, 9.17) is 5.73 Å². The van der Waals surface area contributed by atoms with Crippen LogP contribution in [0.2, 0.25) is 0 Å². The van der Waals surface area contributed by atoms with Crippen LogP contribution in [0.25, 0.3) is 10.9 Å². The molecule has 4 N–H and O–H groups in total. The maximum Gasteiger partial charge on any atom is 0.287 e. The number of fused-ring (bicyclic) bond motifs is 1. The summed E-state index contributed by atoms with van der Waals surface area (Å²) in [5, 5.41) is 9.84. The normalized spacial score (nSPS) is 11.6. The van der Waals surface area contributed by atoms with Gasteiger partial charge in [-0.2, -0.15) is 13.9 Å². The van der Waals surface area contributed by atoms with Crippen molar-refractivity contribution in [1.29, 1.82) is 0 Å². The van der Waals surface area contributed by atoms with Crippen molar-refractivity contribution in [3.8, 4) is 0 Å². The number of nitrogens with zero attached hydrogens (tertiary/aromatic N) is 3. The predicted octanol–water partition coefficient (Wildman–Crippen LogP) is 2.31. The Labute approximate surface area is 128 Å². The summed E-state index contributed by atoms with van der Waals surface area (Å²) in [6.45, 7) is 0.760. The van der Waals surface area contributed by atoms with Gasteiger partial charge in [-0.15, -0.1) is 0 Å². The van der Waals surface area contributed by atoms with Gasteiger partial charge in [-0.1, -0.05) is 0 Å². The van der Waals surface area contributed by atoms with Crippen LogP contribution in [-0.2, 0) is 5.92 Å². The van der Waals surface area contributed by atoms with Gasteiger partial charge in [-0.05, 0) is 24.3 Å². The van der Waals surface area contributed by atoms with Crippen LogP contribution in [0.15, 0.2) is 30.5 Å². The molecule has 3 rings (SSSR count). The summed E-state index contributed by atoms with van der Waals surface area (Å²) in [5.41, 5.74) is 6.09. The zero-order valence-electron chi connectivity index (χ0n) is 12.0. The van der Waals surface area contributed by atoms with E-state index in [-0.39, 0.29) is 11.6 Å². The Morgan fingerprint density at radius 1 is 1.35 bits per heavy atom. The number of aromatic nitrogens is 4. The SMILES string of the molecule is CC(F)(F)c1ccnc(Nc2ccc3[nH]nc(C(N)=O)c3c2)n1. The lowest BCUT2D eigenvalue weighted by Crippen LogP contribution is -2.12. The molecule has 0 radical (unpaired) electrons. The Balaban J connectivity index is 1.95. The molecule has 3 aromatic rings. The molecule has 0 saturated heterocycles. The summed E-state index contributed by atoms with van der Waals surface area (Å²) in [7, 11) is 0. The van der Waals surface area contributed by atoms with Gasteiger partial charge < -0.3 is 11.1 Å². The minimum atomic E-state index is -3.06. The van der Waals surface area contributed by atoms with Gasteiger partial charge in [0.2, 0.25) is 5.95 Å². The average Bonchev–Trinajstić information content (AvgIpc) is 2.90. The fraction of sp³-hybridized carbons (Fsp3) is 0.143. The lowest BCUT2D eigenvalue weighted by molar-refractivity contribution is 0.0127. The van der Waals surface area contributed by atoms with E-state index >= 15 is 0 Å². The molecule has 2 aromatic heterocycles. The second-order valence-electron chi connectivity index (χ2n) is 4.98. The first-order valence-electron chi connectivity index (χ1n) is 6.61. The zero-order valence-corrected chi connectivity index (χ0v) is 12.0. The van der Waals surface area contributed by atoms with E-state index < -0.39 is 17.5 Å². The maximum absolute atomic E-state index is 13.3. The molecule has 2 heterocycles. The van der Waals surface area contributed by atoms with Crippen molar-refractivity contribution < 1.29 is 13.6 Å². The monoisotopic (exact) mass is 318 g/mol.